The number of carbonyl (C=O) groups excluding carboxylic acids is 1. The van der Waals surface area contributed by atoms with E-state index < -0.39 is 20.5 Å². The number of piperidine rings is 1. The zero-order valence-corrected chi connectivity index (χ0v) is 16.6. The Hall–Kier alpha value is -1.64. The molecule has 1 aliphatic heterocycles. The van der Waals surface area contributed by atoms with Crippen molar-refractivity contribution in [3.63, 3.8) is 0 Å². The largest absolute Gasteiger partial charge is 0.492 e. The van der Waals surface area contributed by atoms with Crippen LogP contribution < -0.4 is 15.4 Å². The summed E-state index contributed by atoms with van der Waals surface area (Å²) in [6.45, 7) is 2.71. The Bertz CT molecular complexity index is 713. The predicted molar refractivity (Wildman–Crippen MR) is 102 cm³/mol. The van der Waals surface area contributed by atoms with Crippen LogP contribution in [-0.2, 0) is 21.2 Å². The maximum atomic E-state index is 12.7. The standard InChI is InChI=1S/C18H29N3O4S/c1-21(2)11-12-25-16-6-4-5-15(13-16)14-20-17(22)18(26(3,23)24)7-9-19-10-8-18/h4-6,13,19H,7-12,14H2,1-3H3,(H,20,22). The molecule has 1 aliphatic rings. The zero-order valence-electron chi connectivity index (χ0n) is 15.7. The summed E-state index contributed by atoms with van der Waals surface area (Å²) in [7, 11) is 0.459. The molecule has 1 heterocycles. The van der Waals surface area contributed by atoms with Crippen LogP contribution in [0.15, 0.2) is 24.3 Å². The molecule has 0 aromatic heterocycles. The zero-order chi connectivity index (χ0) is 19.2. The number of hydrogen-bond donors (Lipinski definition) is 2. The number of ether oxygens (including phenoxy) is 1. The highest BCUT2D eigenvalue weighted by Gasteiger charge is 2.48. The number of nitrogens with zero attached hydrogens (tertiary/aromatic N) is 1. The SMILES string of the molecule is CN(C)CCOc1cccc(CNC(=O)C2(S(C)(=O)=O)CCNCC2)c1. The van der Waals surface area contributed by atoms with Crippen LogP contribution in [0.3, 0.4) is 0 Å². The lowest BCUT2D eigenvalue weighted by molar-refractivity contribution is -0.124. The Balaban J connectivity index is 2.00. The minimum atomic E-state index is -3.50. The topological polar surface area (TPSA) is 87.7 Å². The summed E-state index contributed by atoms with van der Waals surface area (Å²) in [6, 6.07) is 7.48. The first-order chi connectivity index (χ1) is 12.2. The van der Waals surface area contributed by atoms with Gasteiger partial charge in [-0.15, -0.1) is 0 Å². The average Bonchev–Trinajstić information content (AvgIpc) is 2.59. The molecule has 7 nitrogen and oxygen atoms in total. The van der Waals surface area contributed by atoms with Crippen LogP contribution in [0.5, 0.6) is 5.75 Å². The van der Waals surface area contributed by atoms with Gasteiger partial charge in [-0.2, -0.15) is 0 Å². The monoisotopic (exact) mass is 383 g/mol. The van der Waals surface area contributed by atoms with Gasteiger partial charge in [0.1, 0.15) is 12.4 Å². The molecule has 1 aromatic carbocycles. The molecule has 1 fully saturated rings. The molecule has 1 amide bonds. The Morgan fingerprint density at radius 1 is 1.31 bits per heavy atom. The Labute approximate surface area is 156 Å². The number of likely N-dealkylation sites (N-methyl/N-ethyl adjacent to an activating group) is 1. The van der Waals surface area contributed by atoms with Crippen LogP contribution in [-0.4, -0.2) is 70.6 Å². The fraction of sp³-hybridized carbons (Fsp3) is 0.611. The van der Waals surface area contributed by atoms with Gasteiger partial charge in [0.15, 0.2) is 14.6 Å². The van der Waals surface area contributed by atoms with E-state index in [9.17, 15) is 13.2 Å². The predicted octanol–water partition coefficient (Wildman–Crippen LogP) is 0.410. The number of benzene rings is 1. The fourth-order valence-corrected chi connectivity index (χ4v) is 4.39. The molecular weight excluding hydrogens is 354 g/mol. The molecule has 0 saturated carbocycles. The Morgan fingerprint density at radius 3 is 2.62 bits per heavy atom. The van der Waals surface area contributed by atoms with Gasteiger partial charge in [-0.05, 0) is 57.7 Å². The van der Waals surface area contributed by atoms with Crippen molar-refractivity contribution in [3.8, 4) is 5.75 Å². The van der Waals surface area contributed by atoms with E-state index in [1.54, 1.807) is 0 Å². The first kappa shape index (κ1) is 20.7. The van der Waals surface area contributed by atoms with E-state index in [0.717, 1.165) is 24.1 Å². The molecule has 8 heteroatoms. The third-order valence-electron chi connectivity index (χ3n) is 4.69. The van der Waals surface area contributed by atoms with Gasteiger partial charge < -0.3 is 20.3 Å². The second-order valence-electron chi connectivity index (χ2n) is 7.00. The van der Waals surface area contributed by atoms with Gasteiger partial charge in [0.05, 0.1) is 0 Å². The van der Waals surface area contributed by atoms with Crippen LogP contribution >= 0.6 is 0 Å². The Morgan fingerprint density at radius 2 is 2.00 bits per heavy atom. The number of sulfone groups is 1. The van der Waals surface area contributed by atoms with Crippen molar-refractivity contribution in [1.29, 1.82) is 0 Å². The van der Waals surface area contributed by atoms with E-state index in [1.807, 2.05) is 43.3 Å². The van der Waals surface area contributed by atoms with Gasteiger partial charge in [-0.1, -0.05) is 12.1 Å². The molecule has 2 rings (SSSR count). The highest BCUT2D eigenvalue weighted by Crippen LogP contribution is 2.28. The van der Waals surface area contributed by atoms with E-state index >= 15 is 0 Å². The summed E-state index contributed by atoms with van der Waals surface area (Å²) in [5.41, 5.74) is 0.873. The highest BCUT2D eigenvalue weighted by molar-refractivity contribution is 7.92. The summed E-state index contributed by atoms with van der Waals surface area (Å²) in [5, 5.41) is 5.92. The second kappa shape index (κ2) is 8.83. The lowest BCUT2D eigenvalue weighted by atomic mass is 9.95. The average molecular weight is 384 g/mol. The number of hydrogen-bond acceptors (Lipinski definition) is 6. The molecule has 146 valence electrons. The number of amides is 1. The summed E-state index contributed by atoms with van der Waals surface area (Å²) >= 11 is 0. The summed E-state index contributed by atoms with van der Waals surface area (Å²) < 4.78 is 28.9. The van der Waals surface area contributed by atoms with Crippen LogP contribution in [0, 0.1) is 0 Å². The molecule has 1 aromatic rings. The summed E-state index contributed by atoms with van der Waals surface area (Å²) in [6.07, 6.45) is 1.74. The molecule has 0 radical (unpaired) electrons. The molecule has 1 saturated heterocycles. The van der Waals surface area contributed by atoms with E-state index in [4.69, 9.17) is 4.74 Å². The maximum Gasteiger partial charge on any atom is 0.241 e. The van der Waals surface area contributed by atoms with E-state index in [-0.39, 0.29) is 6.54 Å². The quantitative estimate of drug-likeness (QED) is 0.676. The van der Waals surface area contributed by atoms with Crippen LogP contribution in [0.4, 0.5) is 0 Å². The van der Waals surface area contributed by atoms with Gasteiger partial charge in [-0.25, -0.2) is 8.42 Å². The molecule has 2 N–H and O–H groups in total. The smallest absolute Gasteiger partial charge is 0.241 e. The number of nitrogens with one attached hydrogen (secondary N) is 2. The summed E-state index contributed by atoms with van der Waals surface area (Å²) in [4.78, 5) is 14.8. The highest BCUT2D eigenvalue weighted by atomic mass is 32.2. The van der Waals surface area contributed by atoms with Crippen molar-refractivity contribution in [2.45, 2.75) is 24.1 Å². The molecule has 0 bridgehead atoms. The summed E-state index contributed by atoms with van der Waals surface area (Å²) in [5.74, 6) is 0.318. The van der Waals surface area contributed by atoms with Gasteiger partial charge >= 0.3 is 0 Å². The molecule has 26 heavy (non-hydrogen) atoms. The van der Waals surface area contributed by atoms with Gasteiger partial charge in [0.2, 0.25) is 5.91 Å². The molecule has 0 spiro atoms. The van der Waals surface area contributed by atoms with E-state index in [2.05, 4.69) is 10.6 Å². The minimum absolute atomic E-state index is 0.272. The third-order valence-corrected chi connectivity index (χ3v) is 6.71. The number of rotatable bonds is 8. The lowest BCUT2D eigenvalue weighted by Crippen LogP contribution is -2.57. The first-order valence-electron chi connectivity index (χ1n) is 8.80. The van der Waals surface area contributed by atoms with Gasteiger partial charge in [0.25, 0.3) is 0 Å². The lowest BCUT2D eigenvalue weighted by Gasteiger charge is -2.34. The fourth-order valence-electron chi connectivity index (χ4n) is 3.03. The second-order valence-corrected chi connectivity index (χ2v) is 9.32. The van der Waals surface area contributed by atoms with Crippen molar-refractivity contribution < 1.29 is 17.9 Å². The van der Waals surface area contributed by atoms with Crippen LogP contribution in [0.1, 0.15) is 18.4 Å². The third kappa shape index (κ3) is 5.18. The van der Waals surface area contributed by atoms with E-state index in [1.165, 1.54) is 0 Å². The first-order valence-corrected chi connectivity index (χ1v) is 10.7. The molecular formula is C18H29N3O4S. The molecule has 0 atom stereocenters. The maximum absolute atomic E-state index is 12.7. The van der Waals surface area contributed by atoms with Crippen molar-refractivity contribution in [1.82, 2.24) is 15.5 Å². The van der Waals surface area contributed by atoms with Crippen molar-refractivity contribution in [2.24, 2.45) is 0 Å². The normalized spacial score (nSPS) is 17.1. The van der Waals surface area contributed by atoms with Crippen LogP contribution in [0.2, 0.25) is 0 Å². The van der Waals surface area contributed by atoms with E-state index in [0.29, 0.717) is 32.5 Å². The molecule has 0 aliphatic carbocycles. The van der Waals surface area contributed by atoms with Crippen molar-refractivity contribution >= 4 is 15.7 Å². The van der Waals surface area contributed by atoms with Crippen molar-refractivity contribution in [3.05, 3.63) is 29.8 Å². The minimum Gasteiger partial charge on any atom is -0.492 e. The molecule has 0 unspecified atom stereocenters. The Kier molecular flexibility index (Phi) is 7.02. The van der Waals surface area contributed by atoms with Gasteiger partial charge in [-0.3, -0.25) is 4.79 Å². The number of carbonyl (C=O) groups is 1. The van der Waals surface area contributed by atoms with Crippen LogP contribution in [0.25, 0.3) is 0 Å². The van der Waals surface area contributed by atoms with Crippen molar-refractivity contribution in [2.75, 3.05) is 46.6 Å². The van der Waals surface area contributed by atoms with Gasteiger partial charge in [0, 0.05) is 19.3 Å².